The zero-order valence-electron chi connectivity index (χ0n) is 11.9. The second-order valence-electron chi connectivity index (χ2n) is 5.08. The Bertz CT molecular complexity index is 684. The third-order valence-electron chi connectivity index (χ3n) is 3.69. The van der Waals surface area contributed by atoms with Crippen LogP contribution in [0, 0.1) is 6.92 Å². The lowest BCUT2D eigenvalue weighted by molar-refractivity contribution is 0.0821. The van der Waals surface area contributed by atoms with Gasteiger partial charge in [-0.25, -0.2) is 0 Å². The molecule has 0 aromatic heterocycles. The summed E-state index contributed by atoms with van der Waals surface area (Å²) in [5.41, 5.74) is 2.65. The zero-order chi connectivity index (χ0) is 15.0. The maximum absolute atomic E-state index is 12.7. The van der Waals surface area contributed by atoms with Gasteiger partial charge in [0.25, 0.3) is 0 Å². The average molecular weight is 347 g/mol. The smallest absolute Gasteiger partial charge is 0.207 e. The van der Waals surface area contributed by atoms with E-state index in [0.717, 1.165) is 21.3 Å². The number of halogens is 1. The van der Waals surface area contributed by atoms with Crippen molar-refractivity contribution in [2.45, 2.75) is 19.4 Å². The molecule has 2 aromatic carbocycles. The Morgan fingerprint density at radius 3 is 2.81 bits per heavy atom. The van der Waals surface area contributed by atoms with E-state index in [1.165, 1.54) is 0 Å². The first kappa shape index (κ1) is 14.1. The highest BCUT2D eigenvalue weighted by atomic mass is 79.9. The van der Waals surface area contributed by atoms with Crippen LogP contribution in [-0.4, -0.2) is 19.0 Å². The highest BCUT2D eigenvalue weighted by Crippen LogP contribution is 2.33. The Morgan fingerprint density at radius 1 is 1.33 bits per heavy atom. The third kappa shape index (κ3) is 2.56. The molecule has 0 aliphatic carbocycles. The number of ketones is 1. The van der Waals surface area contributed by atoms with E-state index in [0.29, 0.717) is 17.7 Å². The first-order chi connectivity index (χ1) is 10.1. The number of para-hydroxylation sites is 1. The van der Waals surface area contributed by atoms with Gasteiger partial charge in [-0.2, -0.15) is 0 Å². The molecule has 1 aliphatic rings. The predicted molar refractivity (Wildman–Crippen MR) is 84.3 cm³/mol. The van der Waals surface area contributed by atoms with Crippen molar-refractivity contribution in [1.29, 1.82) is 0 Å². The molecule has 1 heterocycles. The van der Waals surface area contributed by atoms with Crippen molar-refractivity contribution in [2.24, 2.45) is 0 Å². The summed E-state index contributed by atoms with van der Waals surface area (Å²) < 4.78 is 12.0. The molecule has 0 fully saturated rings. The van der Waals surface area contributed by atoms with Gasteiger partial charge in [-0.3, -0.25) is 4.79 Å². The van der Waals surface area contributed by atoms with Gasteiger partial charge in [-0.1, -0.05) is 34.1 Å². The van der Waals surface area contributed by atoms with Crippen molar-refractivity contribution >= 4 is 21.7 Å². The second-order valence-corrected chi connectivity index (χ2v) is 5.94. The average Bonchev–Trinajstić information content (AvgIpc) is 2.92. The van der Waals surface area contributed by atoms with E-state index in [1.54, 1.807) is 7.11 Å². The molecule has 0 bridgehead atoms. The molecule has 0 spiro atoms. The standard InChI is InChI=1S/C17H15BrO3/c1-10-7-15(20-2)12(9-13(10)18)17(19)16-8-11-5-3-4-6-14(11)21-16/h3-7,9,16H,8H2,1-2H3. The van der Waals surface area contributed by atoms with E-state index in [9.17, 15) is 4.79 Å². The maximum Gasteiger partial charge on any atom is 0.207 e. The topological polar surface area (TPSA) is 35.5 Å². The predicted octanol–water partition coefficient (Wildman–Crippen LogP) is 3.95. The Hall–Kier alpha value is -1.81. The number of fused-ring (bicyclic) bond motifs is 1. The quantitative estimate of drug-likeness (QED) is 0.789. The molecule has 4 heteroatoms. The fraction of sp³-hybridized carbons (Fsp3) is 0.235. The van der Waals surface area contributed by atoms with E-state index < -0.39 is 6.10 Å². The summed E-state index contributed by atoms with van der Waals surface area (Å²) in [6.45, 7) is 1.96. The summed E-state index contributed by atoms with van der Waals surface area (Å²) >= 11 is 3.47. The molecule has 3 rings (SSSR count). The molecule has 0 N–H and O–H groups in total. The lowest BCUT2D eigenvalue weighted by Crippen LogP contribution is -2.25. The van der Waals surface area contributed by atoms with Gasteiger partial charge in [-0.15, -0.1) is 0 Å². The molecule has 0 amide bonds. The third-order valence-corrected chi connectivity index (χ3v) is 4.54. The molecule has 1 aliphatic heterocycles. The Kier molecular flexibility index (Phi) is 3.72. The van der Waals surface area contributed by atoms with Gasteiger partial charge in [0.2, 0.25) is 5.78 Å². The molecule has 108 valence electrons. The molecule has 1 atom stereocenters. The van der Waals surface area contributed by atoms with Crippen LogP contribution >= 0.6 is 15.9 Å². The number of benzene rings is 2. The van der Waals surface area contributed by atoms with E-state index in [2.05, 4.69) is 15.9 Å². The molecule has 0 radical (unpaired) electrons. The lowest BCUT2D eigenvalue weighted by atomic mass is 10.00. The SMILES string of the molecule is COc1cc(C)c(Br)cc1C(=O)C1Cc2ccccc2O1. The largest absolute Gasteiger partial charge is 0.496 e. The van der Waals surface area contributed by atoms with Crippen molar-refractivity contribution < 1.29 is 14.3 Å². The summed E-state index contributed by atoms with van der Waals surface area (Å²) in [6.07, 6.45) is 0.120. The number of ether oxygens (including phenoxy) is 2. The van der Waals surface area contributed by atoms with Crippen LogP contribution in [0.15, 0.2) is 40.9 Å². The van der Waals surface area contributed by atoms with Crippen molar-refractivity contribution in [3.63, 3.8) is 0 Å². The normalized spacial score (nSPS) is 16.2. The first-order valence-electron chi connectivity index (χ1n) is 6.73. The van der Waals surface area contributed by atoms with E-state index in [-0.39, 0.29) is 5.78 Å². The van der Waals surface area contributed by atoms with Crippen LogP contribution in [0.3, 0.4) is 0 Å². The number of methoxy groups -OCH3 is 1. The minimum Gasteiger partial charge on any atom is -0.496 e. The van der Waals surface area contributed by atoms with Crippen LogP contribution in [0.25, 0.3) is 0 Å². The van der Waals surface area contributed by atoms with Crippen molar-refractivity contribution in [3.8, 4) is 11.5 Å². The van der Waals surface area contributed by atoms with Crippen LogP contribution in [0.5, 0.6) is 11.5 Å². The van der Waals surface area contributed by atoms with E-state index in [4.69, 9.17) is 9.47 Å². The van der Waals surface area contributed by atoms with Gasteiger partial charge in [-0.05, 0) is 36.2 Å². The number of hydrogen-bond donors (Lipinski definition) is 0. The lowest BCUT2D eigenvalue weighted by Gasteiger charge is -2.14. The maximum atomic E-state index is 12.7. The monoisotopic (exact) mass is 346 g/mol. The zero-order valence-corrected chi connectivity index (χ0v) is 13.4. The highest BCUT2D eigenvalue weighted by molar-refractivity contribution is 9.10. The van der Waals surface area contributed by atoms with E-state index in [1.807, 2.05) is 43.3 Å². The van der Waals surface area contributed by atoms with Crippen LogP contribution in [0.2, 0.25) is 0 Å². The highest BCUT2D eigenvalue weighted by Gasteiger charge is 2.31. The number of carbonyl (C=O) groups is 1. The minimum absolute atomic E-state index is 0.0521. The molecular formula is C17H15BrO3. The molecule has 2 aromatic rings. The number of aryl methyl sites for hydroxylation is 1. The molecule has 21 heavy (non-hydrogen) atoms. The van der Waals surface area contributed by atoms with Crippen LogP contribution in [-0.2, 0) is 6.42 Å². The van der Waals surface area contributed by atoms with E-state index >= 15 is 0 Å². The minimum atomic E-state index is -0.481. The van der Waals surface area contributed by atoms with Crippen LogP contribution < -0.4 is 9.47 Å². The number of carbonyl (C=O) groups excluding carboxylic acids is 1. The molecule has 1 unspecified atom stereocenters. The fourth-order valence-electron chi connectivity index (χ4n) is 2.52. The first-order valence-corrected chi connectivity index (χ1v) is 7.52. The van der Waals surface area contributed by atoms with Crippen molar-refractivity contribution in [2.75, 3.05) is 7.11 Å². The number of Topliss-reactive ketones (excluding diaryl/α,β-unsaturated/α-hetero) is 1. The Balaban J connectivity index is 1.92. The Morgan fingerprint density at radius 2 is 2.10 bits per heavy atom. The molecule has 3 nitrogen and oxygen atoms in total. The fourth-order valence-corrected chi connectivity index (χ4v) is 2.86. The summed E-state index contributed by atoms with van der Waals surface area (Å²) in [6, 6.07) is 11.4. The van der Waals surface area contributed by atoms with Gasteiger partial charge in [0.15, 0.2) is 6.10 Å². The van der Waals surface area contributed by atoms with Crippen molar-refractivity contribution in [1.82, 2.24) is 0 Å². The van der Waals surface area contributed by atoms with Gasteiger partial charge >= 0.3 is 0 Å². The summed E-state index contributed by atoms with van der Waals surface area (Å²) in [5.74, 6) is 1.32. The summed E-state index contributed by atoms with van der Waals surface area (Å²) in [4.78, 5) is 12.7. The van der Waals surface area contributed by atoms with Crippen LogP contribution in [0.1, 0.15) is 21.5 Å². The van der Waals surface area contributed by atoms with Gasteiger partial charge in [0.1, 0.15) is 11.5 Å². The van der Waals surface area contributed by atoms with Gasteiger partial charge < -0.3 is 9.47 Å². The molecule has 0 saturated carbocycles. The van der Waals surface area contributed by atoms with Crippen LogP contribution in [0.4, 0.5) is 0 Å². The van der Waals surface area contributed by atoms with Gasteiger partial charge in [0, 0.05) is 10.9 Å². The molecule has 0 saturated heterocycles. The Labute approximate surface area is 132 Å². The summed E-state index contributed by atoms with van der Waals surface area (Å²) in [7, 11) is 1.57. The molecular weight excluding hydrogens is 332 g/mol. The van der Waals surface area contributed by atoms with Gasteiger partial charge in [0.05, 0.1) is 12.7 Å². The summed E-state index contributed by atoms with van der Waals surface area (Å²) in [5, 5.41) is 0. The number of hydrogen-bond acceptors (Lipinski definition) is 3. The second kappa shape index (κ2) is 5.53. The number of rotatable bonds is 3. The van der Waals surface area contributed by atoms with Crippen molar-refractivity contribution in [3.05, 3.63) is 57.6 Å².